The van der Waals surface area contributed by atoms with Crippen LogP contribution in [0.25, 0.3) is 0 Å². The zero-order valence-electron chi connectivity index (χ0n) is 17.1. The van der Waals surface area contributed by atoms with Gasteiger partial charge in [0.15, 0.2) is 0 Å². The van der Waals surface area contributed by atoms with Crippen molar-refractivity contribution in [1.29, 1.82) is 0 Å². The second-order valence-corrected chi connectivity index (χ2v) is 9.80. The molecule has 4 unspecified atom stereocenters. The van der Waals surface area contributed by atoms with Gasteiger partial charge in [0, 0.05) is 18.5 Å². The van der Waals surface area contributed by atoms with E-state index in [0.717, 1.165) is 19.4 Å². The average Bonchev–Trinajstić information content (AvgIpc) is 2.88. The highest BCUT2D eigenvalue weighted by atomic mass is 16.6. The Morgan fingerprint density at radius 2 is 2.04 bits per heavy atom. The lowest BCUT2D eigenvalue weighted by atomic mass is 9.59. The summed E-state index contributed by atoms with van der Waals surface area (Å²) < 4.78 is 5.94. The Morgan fingerprint density at radius 3 is 2.77 bits per heavy atom. The Labute approximate surface area is 158 Å². The highest BCUT2D eigenvalue weighted by Crippen LogP contribution is 2.55. The number of piperidine rings is 1. The van der Waals surface area contributed by atoms with Gasteiger partial charge in [-0.15, -0.1) is 0 Å². The van der Waals surface area contributed by atoms with Gasteiger partial charge < -0.3 is 14.5 Å². The molecule has 4 atom stereocenters. The second-order valence-electron chi connectivity index (χ2n) is 9.80. The number of carbonyl (C=O) groups excluding carboxylic acids is 1. The molecule has 0 aromatic rings. The molecule has 0 aromatic carbocycles. The van der Waals surface area contributed by atoms with Gasteiger partial charge in [0.2, 0.25) is 0 Å². The Balaban J connectivity index is 1.47. The molecule has 2 aliphatic carbocycles. The number of fused-ring (bicyclic) bond motifs is 2. The number of rotatable bonds is 3. The number of esters is 1. The molecule has 4 aliphatic rings. The maximum absolute atomic E-state index is 12.7. The van der Waals surface area contributed by atoms with Crippen LogP contribution >= 0.6 is 0 Å². The number of carbonyl (C=O) groups is 1. The van der Waals surface area contributed by atoms with Crippen molar-refractivity contribution in [2.24, 2.45) is 17.3 Å². The van der Waals surface area contributed by atoms with E-state index in [9.17, 15) is 4.79 Å². The van der Waals surface area contributed by atoms with Crippen molar-refractivity contribution < 1.29 is 9.53 Å². The number of nitrogens with zero attached hydrogens (tertiary/aromatic N) is 2. The molecule has 0 N–H and O–H groups in total. The maximum atomic E-state index is 12.7. The normalized spacial score (nSPS) is 39.1. The van der Waals surface area contributed by atoms with E-state index in [4.69, 9.17) is 4.74 Å². The first-order valence-corrected chi connectivity index (χ1v) is 10.7. The van der Waals surface area contributed by atoms with Crippen LogP contribution in [0.5, 0.6) is 0 Å². The van der Waals surface area contributed by atoms with Gasteiger partial charge in [-0.2, -0.15) is 0 Å². The zero-order chi connectivity index (χ0) is 18.5. The van der Waals surface area contributed by atoms with Crippen molar-refractivity contribution >= 4 is 5.97 Å². The van der Waals surface area contributed by atoms with Crippen molar-refractivity contribution in [1.82, 2.24) is 9.80 Å². The van der Waals surface area contributed by atoms with Gasteiger partial charge in [0.25, 0.3) is 0 Å². The lowest BCUT2D eigenvalue weighted by Gasteiger charge is -2.46. The molecule has 4 heteroatoms. The first kappa shape index (κ1) is 18.5. The first-order chi connectivity index (χ1) is 12.4. The van der Waals surface area contributed by atoms with Gasteiger partial charge >= 0.3 is 5.97 Å². The Hall–Kier alpha value is -0.870. The molecule has 0 radical (unpaired) electrons. The fourth-order valence-corrected chi connectivity index (χ4v) is 6.22. The Kier molecular flexibility index (Phi) is 4.94. The van der Waals surface area contributed by atoms with E-state index < -0.39 is 0 Å². The van der Waals surface area contributed by atoms with Gasteiger partial charge in [0.1, 0.15) is 6.10 Å². The number of allylic oxidation sites excluding steroid dienone is 2. The fourth-order valence-electron chi connectivity index (χ4n) is 6.22. The highest BCUT2D eigenvalue weighted by Gasteiger charge is 2.53. The molecule has 2 heterocycles. The second kappa shape index (κ2) is 6.94. The molecule has 4 rings (SSSR count). The zero-order valence-corrected chi connectivity index (χ0v) is 17.1. The minimum atomic E-state index is 0.0661. The molecular formula is C22H36N2O2. The molecule has 146 valence electrons. The van der Waals surface area contributed by atoms with Crippen molar-refractivity contribution in [2.75, 3.05) is 33.7 Å². The summed E-state index contributed by atoms with van der Waals surface area (Å²) in [6.45, 7) is 7.94. The van der Waals surface area contributed by atoms with Crippen LogP contribution in [0.4, 0.5) is 0 Å². The van der Waals surface area contributed by atoms with Crippen LogP contribution in [0.3, 0.4) is 0 Å². The monoisotopic (exact) mass is 360 g/mol. The highest BCUT2D eigenvalue weighted by molar-refractivity contribution is 5.76. The summed E-state index contributed by atoms with van der Waals surface area (Å²) in [7, 11) is 4.42. The predicted octanol–water partition coefficient (Wildman–Crippen LogP) is 3.47. The lowest BCUT2D eigenvalue weighted by molar-refractivity contribution is -0.145. The molecular weight excluding hydrogens is 324 g/mol. The van der Waals surface area contributed by atoms with E-state index >= 15 is 0 Å². The minimum Gasteiger partial charge on any atom is -0.462 e. The summed E-state index contributed by atoms with van der Waals surface area (Å²) >= 11 is 0. The van der Waals surface area contributed by atoms with E-state index in [-0.39, 0.29) is 23.4 Å². The molecule has 0 aromatic heterocycles. The topological polar surface area (TPSA) is 32.8 Å². The largest absolute Gasteiger partial charge is 0.462 e. The molecule has 2 saturated heterocycles. The molecule has 3 fully saturated rings. The summed E-state index contributed by atoms with van der Waals surface area (Å²) in [5, 5.41) is 0. The van der Waals surface area contributed by atoms with Crippen LogP contribution < -0.4 is 0 Å². The molecule has 26 heavy (non-hydrogen) atoms. The van der Waals surface area contributed by atoms with Crippen molar-refractivity contribution in [3.8, 4) is 0 Å². The summed E-state index contributed by atoms with van der Waals surface area (Å²) in [6.07, 6.45) is 8.51. The SMILES string of the molecule is CC1=C2CC3C(CC2(C)CCC1)OC(=O)C3CN(C)C1CCN(C)CC1. The van der Waals surface area contributed by atoms with Crippen LogP contribution in [0.1, 0.15) is 58.8 Å². The molecule has 1 saturated carbocycles. The standard InChI is InChI=1S/C22H36N2O2/c1-15-6-5-9-22(2)13-20-17(12-19(15)22)18(21(25)26-20)14-24(4)16-7-10-23(3)11-8-16/h16-18,20H,5-14H2,1-4H3. The van der Waals surface area contributed by atoms with Gasteiger partial charge in [-0.1, -0.05) is 18.1 Å². The van der Waals surface area contributed by atoms with Gasteiger partial charge in [0.05, 0.1) is 5.92 Å². The third kappa shape index (κ3) is 3.24. The Morgan fingerprint density at radius 1 is 1.31 bits per heavy atom. The van der Waals surface area contributed by atoms with E-state index in [2.05, 4.69) is 37.7 Å². The fraction of sp³-hybridized carbons (Fsp3) is 0.864. The molecule has 0 amide bonds. The molecule has 0 bridgehead atoms. The van der Waals surface area contributed by atoms with E-state index in [1.165, 1.54) is 45.2 Å². The van der Waals surface area contributed by atoms with E-state index in [1.54, 1.807) is 11.1 Å². The number of ether oxygens (including phenoxy) is 1. The van der Waals surface area contributed by atoms with Crippen LogP contribution in [0.2, 0.25) is 0 Å². The maximum Gasteiger partial charge on any atom is 0.310 e. The number of hydrogen-bond acceptors (Lipinski definition) is 4. The predicted molar refractivity (Wildman–Crippen MR) is 104 cm³/mol. The van der Waals surface area contributed by atoms with Gasteiger partial charge in [-0.25, -0.2) is 0 Å². The van der Waals surface area contributed by atoms with Crippen LogP contribution in [-0.4, -0.2) is 61.6 Å². The quantitative estimate of drug-likeness (QED) is 0.570. The summed E-state index contributed by atoms with van der Waals surface area (Å²) in [5.41, 5.74) is 3.53. The van der Waals surface area contributed by atoms with Crippen molar-refractivity contribution in [3.63, 3.8) is 0 Å². The Bertz CT molecular complexity index is 593. The van der Waals surface area contributed by atoms with Crippen molar-refractivity contribution in [3.05, 3.63) is 11.1 Å². The van der Waals surface area contributed by atoms with E-state index in [0.29, 0.717) is 12.0 Å². The molecule has 2 aliphatic heterocycles. The summed E-state index contributed by atoms with van der Waals surface area (Å²) in [4.78, 5) is 17.6. The summed E-state index contributed by atoms with van der Waals surface area (Å²) in [6, 6.07) is 0.613. The first-order valence-electron chi connectivity index (χ1n) is 10.7. The minimum absolute atomic E-state index is 0.0661. The third-order valence-electron chi connectivity index (χ3n) is 7.98. The van der Waals surface area contributed by atoms with Crippen molar-refractivity contribution in [2.45, 2.75) is 70.9 Å². The van der Waals surface area contributed by atoms with Crippen LogP contribution in [0.15, 0.2) is 11.1 Å². The number of likely N-dealkylation sites (tertiary alicyclic amines) is 1. The lowest BCUT2D eigenvalue weighted by Crippen LogP contribution is -2.46. The van der Waals surface area contributed by atoms with E-state index in [1.807, 2.05) is 0 Å². The smallest absolute Gasteiger partial charge is 0.310 e. The third-order valence-corrected chi connectivity index (χ3v) is 7.98. The van der Waals surface area contributed by atoms with Crippen LogP contribution in [0, 0.1) is 17.3 Å². The molecule has 0 spiro atoms. The average molecular weight is 361 g/mol. The number of hydrogen-bond donors (Lipinski definition) is 0. The van der Waals surface area contributed by atoms with Gasteiger partial charge in [-0.05, 0) is 84.5 Å². The van der Waals surface area contributed by atoms with Crippen LogP contribution in [-0.2, 0) is 9.53 Å². The molecule has 4 nitrogen and oxygen atoms in total. The van der Waals surface area contributed by atoms with Gasteiger partial charge in [-0.3, -0.25) is 4.79 Å². The summed E-state index contributed by atoms with van der Waals surface area (Å²) in [5.74, 6) is 0.532.